The second-order valence-electron chi connectivity index (χ2n) is 6.91. The summed E-state index contributed by atoms with van der Waals surface area (Å²) in [5.74, 6) is 0.404. The zero-order valence-electron chi connectivity index (χ0n) is 13.8. The van der Waals surface area contributed by atoms with Crippen LogP contribution in [0.4, 0.5) is 0 Å². The maximum Gasteiger partial charge on any atom is 0.226 e. The van der Waals surface area contributed by atoms with E-state index in [1.54, 1.807) is 0 Å². The van der Waals surface area contributed by atoms with Crippen LogP contribution in [0.25, 0.3) is 0 Å². The van der Waals surface area contributed by atoms with Gasteiger partial charge in [-0.15, -0.1) is 0 Å². The summed E-state index contributed by atoms with van der Waals surface area (Å²) < 4.78 is 5.53. The largest absolute Gasteiger partial charge is 0.379 e. The van der Waals surface area contributed by atoms with E-state index in [2.05, 4.69) is 29.2 Å². The maximum atomic E-state index is 13.1. The number of nitrogens with zero attached hydrogens (tertiary/aromatic N) is 1. The van der Waals surface area contributed by atoms with Gasteiger partial charge in [-0.25, -0.2) is 0 Å². The Morgan fingerprint density at radius 3 is 2.74 bits per heavy atom. The third-order valence-corrected chi connectivity index (χ3v) is 5.18. The Bertz CT molecular complexity index is 499. The molecule has 4 nitrogen and oxygen atoms in total. The maximum absolute atomic E-state index is 13.1. The Hall–Kier alpha value is -1.39. The van der Waals surface area contributed by atoms with E-state index in [0.29, 0.717) is 12.5 Å². The Morgan fingerprint density at radius 2 is 2.04 bits per heavy atom. The summed E-state index contributed by atoms with van der Waals surface area (Å²) in [7, 11) is 0. The van der Waals surface area contributed by atoms with Crippen molar-refractivity contribution in [1.82, 2.24) is 4.90 Å². The molecule has 1 aromatic rings. The molecule has 23 heavy (non-hydrogen) atoms. The van der Waals surface area contributed by atoms with E-state index in [1.165, 1.54) is 5.56 Å². The molecule has 1 aliphatic carbocycles. The molecule has 1 amide bonds. The number of ether oxygens (including phenoxy) is 1. The van der Waals surface area contributed by atoms with Gasteiger partial charge in [0.25, 0.3) is 0 Å². The molecule has 1 saturated carbocycles. The Balaban J connectivity index is 1.66. The summed E-state index contributed by atoms with van der Waals surface area (Å²) in [6.07, 6.45) is 5.82. The fourth-order valence-corrected chi connectivity index (χ4v) is 3.82. The quantitative estimate of drug-likeness (QED) is 0.907. The van der Waals surface area contributed by atoms with Crippen molar-refractivity contribution in [2.75, 3.05) is 19.8 Å². The van der Waals surface area contributed by atoms with E-state index in [9.17, 15) is 4.79 Å². The zero-order valence-corrected chi connectivity index (χ0v) is 13.8. The minimum absolute atomic E-state index is 0.107. The van der Waals surface area contributed by atoms with Crippen LogP contribution in [0.1, 0.15) is 37.7 Å². The summed E-state index contributed by atoms with van der Waals surface area (Å²) in [5, 5.41) is 0. The third-order valence-electron chi connectivity index (χ3n) is 5.18. The molecule has 2 aliphatic rings. The predicted molar refractivity (Wildman–Crippen MR) is 91.0 cm³/mol. The lowest BCUT2D eigenvalue weighted by Gasteiger charge is -2.34. The highest BCUT2D eigenvalue weighted by atomic mass is 16.5. The lowest BCUT2D eigenvalue weighted by molar-refractivity contribution is -0.139. The highest BCUT2D eigenvalue weighted by Gasteiger charge is 2.33. The van der Waals surface area contributed by atoms with Crippen molar-refractivity contribution in [2.45, 2.75) is 50.6 Å². The first kappa shape index (κ1) is 16.5. The van der Waals surface area contributed by atoms with Crippen LogP contribution in [0, 0.1) is 5.92 Å². The minimum Gasteiger partial charge on any atom is -0.379 e. The van der Waals surface area contributed by atoms with Crippen LogP contribution in [-0.2, 0) is 16.0 Å². The zero-order chi connectivity index (χ0) is 16.1. The fraction of sp³-hybridized carbons (Fsp3) is 0.632. The Kier molecular flexibility index (Phi) is 5.68. The van der Waals surface area contributed by atoms with Crippen molar-refractivity contribution in [3.8, 4) is 0 Å². The van der Waals surface area contributed by atoms with E-state index in [4.69, 9.17) is 10.5 Å². The fourth-order valence-electron chi connectivity index (χ4n) is 3.82. The van der Waals surface area contributed by atoms with Crippen LogP contribution >= 0.6 is 0 Å². The molecule has 3 unspecified atom stereocenters. The molecule has 3 rings (SSSR count). The summed E-state index contributed by atoms with van der Waals surface area (Å²) in [6.45, 7) is 2.23. The van der Waals surface area contributed by atoms with E-state index < -0.39 is 0 Å². The van der Waals surface area contributed by atoms with Gasteiger partial charge in [0.2, 0.25) is 5.91 Å². The summed E-state index contributed by atoms with van der Waals surface area (Å²) in [4.78, 5) is 15.2. The number of benzene rings is 1. The van der Waals surface area contributed by atoms with Gasteiger partial charge in [0.1, 0.15) is 0 Å². The van der Waals surface area contributed by atoms with Crippen molar-refractivity contribution >= 4 is 5.91 Å². The molecule has 0 radical (unpaired) electrons. The van der Waals surface area contributed by atoms with Gasteiger partial charge in [-0.05, 0) is 37.7 Å². The average molecular weight is 316 g/mol. The lowest BCUT2D eigenvalue weighted by Crippen LogP contribution is -2.47. The average Bonchev–Trinajstić information content (AvgIpc) is 3.10. The van der Waals surface area contributed by atoms with Gasteiger partial charge in [-0.3, -0.25) is 4.79 Å². The smallest absolute Gasteiger partial charge is 0.226 e. The van der Waals surface area contributed by atoms with Gasteiger partial charge in [0.15, 0.2) is 0 Å². The van der Waals surface area contributed by atoms with Crippen molar-refractivity contribution in [2.24, 2.45) is 11.7 Å². The van der Waals surface area contributed by atoms with Crippen LogP contribution in [-0.4, -0.2) is 42.6 Å². The van der Waals surface area contributed by atoms with Crippen LogP contribution in [0.5, 0.6) is 0 Å². The number of carbonyl (C=O) groups excluding carboxylic acids is 1. The summed E-state index contributed by atoms with van der Waals surface area (Å²) in [5.41, 5.74) is 7.37. The van der Waals surface area contributed by atoms with Gasteiger partial charge in [-0.2, -0.15) is 0 Å². The molecule has 1 saturated heterocycles. The first-order chi connectivity index (χ1) is 11.2. The highest BCUT2D eigenvalue weighted by Crippen LogP contribution is 2.27. The molecule has 1 aliphatic heterocycles. The normalized spacial score (nSPS) is 27.8. The first-order valence-corrected chi connectivity index (χ1v) is 8.92. The number of amides is 1. The molecule has 2 N–H and O–H groups in total. The SMILES string of the molecule is NC1CCCC(C(=O)N(CCc2ccccc2)C2CCOC2)C1. The van der Waals surface area contributed by atoms with Gasteiger partial charge in [0, 0.05) is 25.1 Å². The van der Waals surface area contributed by atoms with Crippen LogP contribution < -0.4 is 5.73 Å². The standard InChI is InChI=1S/C19H28N2O2/c20-17-8-4-7-16(13-17)19(22)21(18-10-12-23-14-18)11-9-15-5-2-1-3-6-15/h1-3,5-6,16-18H,4,7-14,20H2. The molecular weight excluding hydrogens is 288 g/mol. The second-order valence-corrected chi connectivity index (χ2v) is 6.91. The van der Waals surface area contributed by atoms with E-state index >= 15 is 0 Å². The molecule has 1 heterocycles. The van der Waals surface area contributed by atoms with Crippen LogP contribution in [0.2, 0.25) is 0 Å². The second kappa shape index (κ2) is 7.93. The molecule has 126 valence electrons. The van der Waals surface area contributed by atoms with E-state index in [-0.39, 0.29) is 18.0 Å². The molecule has 4 heteroatoms. The number of carbonyl (C=O) groups is 1. The Labute approximate surface area is 139 Å². The first-order valence-electron chi connectivity index (χ1n) is 8.92. The van der Waals surface area contributed by atoms with Crippen molar-refractivity contribution < 1.29 is 9.53 Å². The topological polar surface area (TPSA) is 55.6 Å². The number of nitrogens with two attached hydrogens (primary N) is 1. The molecule has 1 aromatic carbocycles. The van der Waals surface area contributed by atoms with Crippen molar-refractivity contribution in [1.29, 1.82) is 0 Å². The van der Waals surface area contributed by atoms with E-state index in [0.717, 1.165) is 51.7 Å². The molecule has 0 bridgehead atoms. The summed E-state index contributed by atoms with van der Waals surface area (Å²) >= 11 is 0. The summed E-state index contributed by atoms with van der Waals surface area (Å²) in [6, 6.07) is 10.8. The molecule has 0 aromatic heterocycles. The number of rotatable bonds is 5. The number of hydrogen-bond acceptors (Lipinski definition) is 3. The molecule has 3 atom stereocenters. The molecular formula is C19H28N2O2. The van der Waals surface area contributed by atoms with Crippen molar-refractivity contribution in [3.05, 3.63) is 35.9 Å². The van der Waals surface area contributed by atoms with Crippen molar-refractivity contribution in [3.63, 3.8) is 0 Å². The van der Waals surface area contributed by atoms with Gasteiger partial charge in [0.05, 0.1) is 12.6 Å². The van der Waals surface area contributed by atoms with Gasteiger partial charge >= 0.3 is 0 Å². The molecule has 0 spiro atoms. The monoisotopic (exact) mass is 316 g/mol. The Morgan fingerprint density at radius 1 is 1.22 bits per heavy atom. The van der Waals surface area contributed by atoms with Gasteiger partial charge in [-0.1, -0.05) is 36.8 Å². The van der Waals surface area contributed by atoms with Gasteiger partial charge < -0.3 is 15.4 Å². The van der Waals surface area contributed by atoms with Crippen LogP contribution in [0.3, 0.4) is 0 Å². The van der Waals surface area contributed by atoms with E-state index in [1.807, 2.05) is 6.07 Å². The predicted octanol–water partition coefficient (Wildman–Crippen LogP) is 2.36. The minimum atomic E-state index is 0.107. The third kappa shape index (κ3) is 4.33. The lowest BCUT2D eigenvalue weighted by atomic mass is 9.85. The number of hydrogen-bond donors (Lipinski definition) is 1. The molecule has 2 fully saturated rings. The highest BCUT2D eigenvalue weighted by molar-refractivity contribution is 5.79. The van der Waals surface area contributed by atoms with Crippen LogP contribution in [0.15, 0.2) is 30.3 Å².